The largest absolute Gasteiger partial charge is 0.360 e. The van der Waals surface area contributed by atoms with Crippen molar-refractivity contribution in [1.82, 2.24) is 4.98 Å². The lowest BCUT2D eigenvalue weighted by molar-refractivity contribution is 0.597. The highest BCUT2D eigenvalue weighted by Gasteiger charge is 2.09. The van der Waals surface area contributed by atoms with E-state index in [9.17, 15) is 8.42 Å². The van der Waals surface area contributed by atoms with Crippen molar-refractivity contribution in [2.75, 3.05) is 23.4 Å². The van der Waals surface area contributed by atoms with Crippen molar-refractivity contribution in [3.8, 4) is 0 Å². The number of benzene rings is 1. The highest BCUT2D eigenvalue weighted by molar-refractivity contribution is 7.91. The van der Waals surface area contributed by atoms with Crippen LogP contribution in [0.25, 0.3) is 10.2 Å². The quantitative estimate of drug-likeness (QED) is 0.923. The number of nitrogens with zero attached hydrogens (tertiary/aromatic N) is 1. The molecule has 0 spiro atoms. The maximum atomic E-state index is 11.3. The van der Waals surface area contributed by atoms with Crippen LogP contribution >= 0.6 is 22.9 Å². The second-order valence-electron chi connectivity index (χ2n) is 3.77. The Balaban J connectivity index is 2.07. The molecule has 0 amide bonds. The summed E-state index contributed by atoms with van der Waals surface area (Å²) in [5, 5.41) is 4.39. The zero-order chi connectivity index (χ0) is 13.2. The van der Waals surface area contributed by atoms with Crippen LogP contribution in [-0.4, -0.2) is 31.5 Å². The molecule has 0 saturated carbocycles. The predicted octanol–water partition coefficient (Wildman–Crippen LogP) is 2.80. The highest BCUT2D eigenvalue weighted by atomic mass is 35.5. The fourth-order valence-electron chi connectivity index (χ4n) is 1.45. The number of hydrogen-bond acceptors (Lipinski definition) is 5. The van der Waals surface area contributed by atoms with Crippen molar-refractivity contribution in [1.29, 1.82) is 0 Å². The molecule has 4 nitrogen and oxygen atoms in total. The van der Waals surface area contributed by atoms with Crippen LogP contribution < -0.4 is 5.32 Å². The fourth-order valence-corrected chi connectivity index (χ4v) is 3.33. The molecule has 0 aliphatic carbocycles. The number of anilines is 1. The van der Waals surface area contributed by atoms with Crippen LogP contribution in [0.2, 0.25) is 5.02 Å². The van der Waals surface area contributed by atoms with E-state index in [1.165, 1.54) is 11.3 Å². The van der Waals surface area contributed by atoms with Crippen molar-refractivity contribution in [3.05, 3.63) is 23.2 Å². The Kier molecular flexibility index (Phi) is 4.09. The van der Waals surface area contributed by atoms with Crippen molar-refractivity contribution in [2.45, 2.75) is 6.92 Å². The molecule has 98 valence electrons. The fraction of sp³-hybridized carbons (Fsp3) is 0.364. The van der Waals surface area contributed by atoms with Gasteiger partial charge in [-0.25, -0.2) is 13.4 Å². The summed E-state index contributed by atoms with van der Waals surface area (Å²) in [6.45, 7) is 2.01. The molecule has 1 aromatic carbocycles. The normalized spacial score (nSPS) is 11.9. The van der Waals surface area contributed by atoms with Gasteiger partial charge in [-0.15, -0.1) is 0 Å². The lowest BCUT2D eigenvalue weighted by Crippen LogP contribution is -2.16. The average molecular weight is 305 g/mol. The molecule has 2 rings (SSSR count). The first-order valence-corrected chi connectivity index (χ1v) is 8.53. The van der Waals surface area contributed by atoms with Crippen LogP contribution in [0.4, 0.5) is 5.13 Å². The average Bonchev–Trinajstić information content (AvgIpc) is 2.73. The molecule has 0 fully saturated rings. The van der Waals surface area contributed by atoms with Crippen LogP contribution in [0.5, 0.6) is 0 Å². The number of sulfone groups is 1. The summed E-state index contributed by atoms with van der Waals surface area (Å²) in [7, 11) is -2.94. The highest BCUT2D eigenvalue weighted by Crippen LogP contribution is 2.31. The Labute approximate surface area is 115 Å². The van der Waals surface area contributed by atoms with E-state index in [-0.39, 0.29) is 11.5 Å². The van der Waals surface area contributed by atoms with Gasteiger partial charge in [0.05, 0.1) is 21.0 Å². The van der Waals surface area contributed by atoms with Gasteiger partial charge in [0.15, 0.2) is 15.0 Å². The first-order valence-electron chi connectivity index (χ1n) is 5.51. The Morgan fingerprint density at radius 1 is 1.44 bits per heavy atom. The molecule has 0 atom stereocenters. The SMILES string of the molecule is CCS(=O)(=O)CCNc1nc2cccc(Cl)c2s1. The second-order valence-corrected chi connectivity index (χ2v) is 7.65. The van der Waals surface area contributed by atoms with Crippen LogP contribution in [-0.2, 0) is 9.84 Å². The van der Waals surface area contributed by atoms with Gasteiger partial charge in [0.1, 0.15) is 0 Å². The Morgan fingerprint density at radius 2 is 2.22 bits per heavy atom. The maximum Gasteiger partial charge on any atom is 0.183 e. The topological polar surface area (TPSA) is 59.1 Å². The summed E-state index contributed by atoms with van der Waals surface area (Å²) in [6, 6.07) is 5.54. The van der Waals surface area contributed by atoms with Crippen LogP contribution in [0, 0.1) is 0 Å². The van der Waals surface area contributed by atoms with Crippen LogP contribution in [0.3, 0.4) is 0 Å². The number of aromatic nitrogens is 1. The Bertz CT molecular complexity index is 652. The van der Waals surface area contributed by atoms with E-state index >= 15 is 0 Å². The second kappa shape index (κ2) is 5.42. The number of fused-ring (bicyclic) bond motifs is 1. The minimum atomic E-state index is -2.94. The first-order chi connectivity index (χ1) is 8.52. The van der Waals surface area contributed by atoms with Gasteiger partial charge >= 0.3 is 0 Å². The third kappa shape index (κ3) is 3.13. The third-order valence-corrected chi connectivity index (χ3v) is 5.69. The van der Waals surface area contributed by atoms with E-state index in [0.717, 1.165) is 10.2 Å². The summed E-state index contributed by atoms with van der Waals surface area (Å²) in [5.74, 6) is 0.285. The van der Waals surface area contributed by atoms with Crippen LogP contribution in [0.15, 0.2) is 18.2 Å². The Hall–Kier alpha value is -0.850. The summed E-state index contributed by atoms with van der Waals surface area (Å²) in [5.41, 5.74) is 0.827. The molecular weight excluding hydrogens is 292 g/mol. The first kappa shape index (κ1) is 13.6. The van der Waals surface area contributed by atoms with Gasteiger partial charge in [0.25, 0.3) is 0 Å². The van der Waals surface area contributed by atoms with Gasteiger partial charge in [-0.1, -0.05) is 35.9 Å². The summed E-state index contributed by atoms with van der Waals surface area (Å²) >= 11 is 7.48. The zero-order valence-electron chi connectivity index (χ0n) is 9.81. The molecule has 7 heteroatoms. The third-order valence-electron chi connectivity index (χ3n) is 2.50. The van der Waals surface area contributed by atoms with E-state index in [4.69, 9.17) is 11.6 Å². The lowest BCUT2D eigenvalue weighted by Gasteiger charge is -2.01. The number of hydrogen-bond donors (Lipinski definition) is 1. The van der Waals surface area contributed by atoms with E-state index < -0.39 is 9.84 Å². The molecule has 0 radical (unpaired) electrons. The summed E-state index contributed by atoms with van der Waals surface area (Å²) < 4.78 is 23.6. The predicted molar refractivity (Wildman–Crippen MR) is 77.4 cm³/mol. The minimum absolute atomic E-state index is 0.118. The van der Waals surface area contributed by atoms with Crippen molar-refractivity contribution in [3.63, 3.8) is 0 Å². The van der Waals surface area contributed by atoms with Crippen LogP contribution in [0.1, 0.15) is 6.92 Å². The van der Waals surface area contributed by atoms with Gasteiger partial charge in [0, 0.05) is 12.3 Å². The molecule has 1 N–H and O–H groups in total. The van der Waals surface area contributed by atoms with Crippen molar-refractivity contribution >= 4 is 48.1 Å². The van der Waals surface area contributed by atoms with Gasteiger partial charge in [-0.05, 0) is 12.1 Å². The Morgan fingerprint density at radius 3 is 2.89 bits per heavy atom. The summed E-state index contributed by atoms with van der Waals surface area (Å²) in [6.07, 6.45) is 0. The number of nitrogens with one attached hydrogen (secondary N) is 1. The van der Waals surface area contributed by atoms with Gasteiger partial charge < -0.3 is 5.32 Å². The van der Waals surface area contributed by atoms with Gasteiger partial charge in [0.2, 0.25) is 0 Å². The minimum Gasteiger partial charge on any atom is -0.360 e. The number of halogens is 1. The molecule has 2 aromatic rings. The van der Waals surface area contributed by atoms with E-state index in [2.05, 4.69) is 10.3 Å². The van der Waals surface area contributed by atoms with Crippen molar-refractivity contribution < 1.29 is 8.42 Å². The summed E-state index contributed by atoms with van der Waals surface area (Å²) in [4.78, 5) is 4.35. The molecule has 1 aromatic heterocycles. The molecule has 1 heterocycles. The van der Waals surface area contributed by atoms with E-state index in [1.54, 1.807) is 6.92 Å². The molecule has 0 unspecified atom stereocenters. The smallest absolute Gasteiger partial charge is 0.183 e. The molecule has 0 bridgehead atoms. The molecule has 0 saturated heterocycles. The lowest BCUT2D eigenvalue weighted by atomic mass is 10.3. The van der Waals surface area contributed by atoms with Gasteiger partial charge in [-0.3, -0.25) is 0 Å². The molecule has 18 heavy (non-hydrogen) atoms. The number of rotatable bonds is 5. The standard InChI is InChI=1S/C11H13ClN2O2S2/c1-2-18(15,16)7-6-13-11-14-9-5-3-4-8(12)10(9)17-11/h3-5H,2,6-7H2,1H3,(H,13,14). The molecular formula is C11H13ClN2O2S2. The monoisotopic (exact) mass is 304 g/mol. The molecule has 0 aliphatic rings. The molecule has 0 aliphatic heterocycles. The zero-order valence-corrected chi connectivity index (χ0v) is 12.2. The van der Waals surface area contributed by atoms with Crippen molar-refractivity contribution in [2.24, 2.45) is 0 Å². The van der Waals surface area contributed by atoms with E-state index in [1.807, 2.05) is 18.2 Å². The number of thiazole rings is 1. The maximum absolute atomic E-state index is 11.3. The van der Waals surface area contributed by atoms with Gasteiger partial charge in [-0.2, -0.15) is 0 Å². The van der Waals surface area contributed by atoms with E-state index in [0.29, 0.717) is 16.7 Å².